The van der Waals surface area contributed by atoms with Crippen molar-refractivity contribution in [2.75, 3.05) is 18.0 Å². The molecule has 1 N–H and O–H groups in total. The number of pyridine rings is 1. The van der Waals surface area contributed by atoms with Crippen LogP contribution in [0.2, 0.25) is 0 Å². The lowest BCUT2D eigenvalue weighted by Gasteiger charge is -2.36. The summed E-state index contributed by atoms with van der Waals surface area (Å²) in [6, 6.07) is 11.2. The first-order chi connectivity index (χ1) is 15.9. The van der Waals surface area contributed by atoms with Crippen molar-refractivity contribution in [1.29, 1.82) is 0 Å². The number of nitrogens with zero attached hydrogens (tertiary/aromatic N) is 3. The fraction of sp³-hybridized carbons (Fsp3) is 0.400. The Kier molecular flexibility index (Phi) is 6.93. The number of benzene rings is 1. The maximum Gasteiger partial charge on any atom is 0.255 e. The molecule has 174 valence electrons. The zero-order chi connectivity index (χ0) is 23.4. The largest absolute Gasteiger partial charge is 0.488 e. The van der Waals surface area contributed by atoms with Crippen LogP contribution in [0.25, 0.3) is 0 Å². The van der Waals surface area contributed by atoms with Gasteiger partial charge in [-0.05, 0) is 51.5 Å². The fourth-order valence-electron chi connectivity index (χ4n) is 3.99. The molecule has 33 heavy (non-hydrogen) atoms. The highest BCUT2D eigenvalue weighted by Crippen LogP contribution is 2.22. The summed E-state index contributed by atoms with van der Waals surface area (Å²) in [5.74, 6) is 1.94. The monoisotopic (exact) mass is 450 g/mol. The number of carbonyl (C=O) groups is 1. The molecule has 0 radical (unpaired) electrons. The second-order valence-corrected chi connectivity index (χ2v) is 8.46. The molecule has 1 aliphatic rings. The number of carbonyl (C=O) groups excluding carboxylic acids is 1. The minimum absolute atomic E-state index is 0.175. The SMILES string of the molecule is Cc1noc(C)c1COc1ccccc1C(=O)NCc1ccc(N2CC(C)OC(C)C2)nc1. The van der Waals surface area contributed by atoms with Crippen LogP contribution >= 0.6 is 0 Å². The van der Waals surface area contributed by atoms with Crippen LogP contribution in [0, 0.1) is 13.8 Å². The zero-order valence-corrected chi connectivity index (χ0v) is 19.5. The third-order valence-electron chi connectivity index (χ3n) is 5.69. The molecule has 8 nitrogen and oxygen atoms in total. The van der Waals surface area contributed by atoms with Crippen molar-refractivity contribution in [3.05, 3.63) is 70.7 Å². The summed E-state index contributed by atoms with van der Waals surface area (Å²) in [6.45, 7) is 10.2. The van der Waals surface area contributed by atoms with Gasteiger partial charge < -0.3 is 24.2 Å². The van der Waals surface area contributed by atoms with Crippen molar-refractivity contribution in [3.63, 3.8) is 0 Å². The van der Waals surface area contributed by atoms with Gasteiger partial charge >= 0.3 is 0 Å². The molecule has 1 saturated heterocycles. The topological polar surface area (TPSA) is 89.7 Å². The summed E-state index contributed by atoms with van der Waals surface area (Å²) in [5.41, 5.74) is 3.08. The third-order valence-corrected chi connectivity index (χ3v) is 5.69. The van der Waals surface area contributed by atoms with E-state index in [1.807, 2.05) is 38.1 Å². The highest BCUT2D eigenvalue weighted by atomic mass is 16.5. The summed E-state index contributed by atoms with van der Waals surface area (Å²) >= 11 is 0. The van der Waals surface area contributed by atoms with Gasteiger partial charge in [-0.3, -0.25) is 4.79 Å². The standard InChI is InChI=1S/C25H30N4O4/c1-16-13-29(14-17(2)32-16)24-10-9-20(11-26-24)12-27-25(30)21-7-5-6-8-23(21)31-15-22-18(3)28-33-19(22)4/h5-11,16-17H,12-15H2,1-4H3,(H,27,30). The second kappa shape index (κ2) is 10.0. The maximum absolute atomic E-state index is 12.9. The lowest BCUT2D eigenvalue weighted by atomic mass is 10.1. The summed E-state index contributed by atoms with van der Waals surface area (Å²) in [7, 11) is 0. The first-order valence-corrected chi connectivity index (χ1v) is 11.2. The highest BCUT2D eigenvalue weighted by molar-refractivity contribution is 5.96. The smallest absolute Gasteiger partial charge is 0.255 e. The molecule has 2 atom stereocenters. The predicted molar refractivity (Wildman–Crippen MR) is 124 cm³/mol. The van der Waals surface area contributed by atoms with Gasteiger partial charge in [0.25, 0.3) is 5.91 Å². The van der Waals surface area contributed by atoms with Gasteiger partial charge in [0.2, 0.25) is 0 Å². The molecule has 3 aromatic rings. The van der Waals surface area contributed by atoms with E-state index in [9.17, 15) is 4.79 Å². The normalized spacial score (nSPS) is 18.2. The molecule has 1 aromatic carbocycles. The Bertz CT molecular complexity index is 1070. The Morgan fingerprint density at radius 3 is 2.58 bits per heavy atom. The number of rotatable bonds is 7. The summed E-state index contributed by atoms with van der Waals surface area (Å²) in [4.78, 5) is 19.7. The van der Waals surface area contributed by atoms with E-state index in [1.54, 1.807) is 18.3 Å². The molecule has 2 unspecified atom stereocenters. The molecule has 3 heterocycles. The number of nitrogens with one attached hydrogen (secondary N) is 1. The zero-order valence-electron chi connectivity index (χ0n) is 19.5. The molecule has 4 rings (SSSR count). The number of amides is 1. The van der Waals surface area contributed by atoms with Crippen LogP contribution in [0.15, 0.2) is 47.1 Å². The fourth-order valence-corrected chi connectivity index (χ4v) is 3.99. The molecule has 2 aromatic heterocycles. The maximum atomic E-state index is 12.9. The van der Waals surface area contributed by atoms with Gasteiger partial charge in [0.05, 0.1) is 29.0 Å². The van der Waals surface area contributed by atoms with E-state index in [-0.39, 0.29) is 24.7 Å². The van der Waals surface area contributed by atoms with Gasteiger partial charge in [0.1, 0.15) is 23.9 Å². The number of hydrogen-bond acceptors (Lipinski definition) is 7. The van der Waals surface area contributed by atoms with Crippen LogP contribution < -0.4 is 15.0 Å². The molecule has 1 aliphatic heterocycles. The summed E-state index contributed by atoms with van der Waals surface area (Å²) < 4.78 is 16.9. The van der Waals surface area contributed by atoms with Crippen molar-refractivity contribution in [3.8, 4) is 5.75 Å². The van der Waals surface area contributed by atoms with E-state index in [1.165, 1.54) is 0 Å². The lowest BCUT2D eigenvalue weighted by molar-refractivity contribution is -0.00546. The first-order valence-electron chi connectivity index (χ1n) is 11.2. The molecular formula is C25H30N4O4. The number of aromatic nitrogens is 2. The van der Waals surface area contributed by atoms with E-state index in [0.29, 0.717) is 23.6 Å². The number of para-hydroxylation sites is 1. The van der Waals surface area contributed by atoms with Crippen molar-refractivity contribution in [1.82, 2.24) is 15.5 Å². The van der Waals surface area contributed by atoms with Gasteiger partial charge in [-0.2, -0.15) is 0 Å². The van der Waals surface area contributed by atoms with E-state index in [0.717, 1.165) is 35.7 Å². The first kappa shape index (κ1) is 22.8. The molecule has 1 fully saturated rings. The Morgan fingerprint density at radius 2 is 1.91 bits per heavy atom. The quantitative estimate of drug-likeness (QED) is 0.585. The molecule has 1 amide bonds. The van der Waals surface area contributed by atoms with Crippen LogP contribution in [0.1, 0.15) is 46.8 Å². The molecule has 0 saturated carbocycles. The minimum Gasteiger partial charge on any atom is -0.488 e. The second-order valence-electron chi connectivity index (χ2n) is 8.46. The number of ether oxygens (including phenoxy) is 2. The molecular weight excluding hydrogens is 420 g/mol. The highest BCUT2D eigenvalue weighted by Gasteiger charge is 2.23. The number of aryl methyl sites for hydroxylation is 2. The predicted octanol–water partition coefficient (Wildman–Crippen LogP) is 3.81. The average molecular weight is 451 g/mol. The lowest BCUT2D eigenvalue weighted by Crippen LogP contribution is -2.45. The van der Waals surface area contributed by atoms with Gasteiger partial charge in [-0.1, -0.05) is 23.4 Å². The van der Waals surface area contributed by atoms with Gasteiger partial charge in [-0.15, -0.1) is 0 Å². The van der Waals surface area contributed by atoms with Crippen molar-refractivity contribution >= 4 is 11.7 Å². The van der Waals surface area contributed by atoms with Crippen LogP contribution in [-0.4, -0.2) is 41.3 Å². The Hall–Kier alpha value is -3.39. The van der Waals surface area contributed by atoms with Crippen LogP contribution in [0.5, 0.6) is 5.75 Å². The van der Waals surface area contributed by atoms with E-state index < -0.39 is 0 Å². The van der Waals surface area contributed by atoms with Crippen LogP contribution in [0.3, 0.4) is 0 Å². The Morgan fingerprint density at radius 1 is 1.15 bits per heavy atom. The van der Waals surface area contributed by atoms with Crippen molar-refractivity contribution in [2.45, 2.75) is 53.1 Å². The van der Waals surface area contributed by atoms with Gasteiger partial charge in [-0.25, -0.2) is 4.98 Å². The van der Waals surface area contributed by atoms with E-state index in [2.05, 4.69) is 34.2 Å². The minimum atomic E-state index is -0.204. The number of anilines is 1. The van der Waals surface area contributed by atoms with Crippen LogP contribution in [0.4, 0.5) is 5.82 Å². The number of morpholine rings is 1. The Labute approximate surface area is 193 Å². The van der Waals surface area contributed by atoms with E-state index >= 15 is 0 Å². The summed E-state index contributed by atoms with van der Waals surface area (Å²) in [5, 5.41) is 6.90. The molecule has 0 aliphatic carbocycles. The van der Waals surface area contributed by atoms with E-state index in [4.69, 9.17) is 14.0 Å². The Balaban J connectivity index is 1.36. The summed E-state index contributed by atoms with van der Waals surface area (Å²) in [6.07, 6.45) is 2.16. The molecule has 0 bridgehead atoms. The number of hydrogen-bond donors (Lipinski definition) is 1. The molecule has 0 spiro atoms. The van der Waals surface area contributed by atoms with Gasteiger partial charge in [0, 0.05) is 25.8 Å². The molecule has 8 heteroatoms. The third kappa shape index (κ3) is 5.51. The average Bonchev–Trinajstić information content (AvgIpc) is 3.13. The van der Waals surface area contributed by atoms with Crippen molar-refractivity contribution < 1.29 is 18.8 Å². The van der Waals surface area contributed by atoms with Crippen molar-refractivity contribution in [2.24, 2.45) is 0 Å². The van der Waals surface area contributed by atoms with Gasteiger partial charge in [0.15, 0.2) is 0 Å². The van der Waals surface area contributed by atoms with Crippen LogP contribution in [-0.2, 0) is 17.9 Å².